The smallest absolute Gasteiger partial charge is 0.231 e. The van der Waals surface area contributed by atoms with Crippen molar-refractivity contribution >= 4 is 5.91 Å². The summed E-state index contributed by atoms with van der Waals surface area (Å²) >= 11 is 0. The third kappa shape index (κ3) is 1.85. The molecule has 0 bridgehead atoms. The topological polar surface area (TPSA) is 84.7 Å². The highest BCUT2D eigenvalue weighted by Gasteiger charge is 2.21. The number of amides is 1. The molecule has 15 heavy (non-hydrogen) atoms. The summed E-state index contributed by atoms with van der Waals surface area (Å²) in [7, 11) is 0. The molecule has 0 fully saturated rings. The molecule has 76 valence electrons. The molecule has 1 atom stereocenters. The summed E-state index contributed by atoms with van der Waals surface area (Å²) in [6.07, 6.45) is 4.85. The van der Waals surface area contributed by atoms with E-state index in [-0.39, 0.29) is 0 Å². The maximum absolute atomic E-state index is 11.3. The average Bonchev–Trinajstić information content (AvgIpc) is 2.72. The number of nitrogens with two attached hydrogens (primary N) is 1. The Bertz CT molecular complexity index is 438. The van der Waals surface area contributed by atoms with E-state index in [2.05, 4.69) is 15.2 Å². The van der Waals surface area contributed by atoms with Gasteiger partial charge in [-0.25, -0.2) is 0 Å². The first-order valence-corrected chi connectivity index (χ1v) is 4.48. The van der Waals surface area contributed by atoms with Crippen LogP contribution in [0.1, 0.15) is 17.2 Å². The normalized spacial score (nSPS) is 12.3. The standard InChI is InChI=1S/C10H10N4O/c11-10(15)9(7-5-13-14-6-7)8-3-1-2-4-12-8/h1-6,9H,(H2,11,15)(H,13,14). The Kier molecular flexibility index (Phi) is 2.45. The maximum atomic E-state index is 11.3. The number of hydrogen-bond donors (Lipinski definition) is 2. The first kappa shape index (κ1) is 9.39. The van der Waals surface area contributed by atoms with E-state index < -0.39 is 11.8 Å². The first-order chi connectivity index (χ1) is 7.29. The molecular formula is C10H10N4O. The van der Waals surface area contributed by atoms with Gasteiger partial charge in [0.25, 0.3) is 0 Å². The SMILES string of the molecule is NC(=O)C(c1cn[nH]c1)c1ccccn1. The molecule has 2 rings (SSSR count). The van der Waals surface area contributed by atoms with Crippen LogP contribution >= 0.6 is 0 Å². The minimum absolute atomic E-state index is 0.435. The zero-order valence-corrected chi connectivity index (χ0v) is 7.92. The number of aromatic amines is 1. The molecule has 3 N–H and O–H groups in total. The molecule has 0 aliphatic carbocycles. The van der Waals surface area contributed by atoms with Gasteiger partial charge < -0.3 is 5.73 Å². The van der Waals surface area contributed by atoms with Crippen molar-refractivity contribution in [3.05, 3.63) is 48.0 Å². The Morgan fingerprint density at radius 1 is 1.47 bits per heavy atom. The fraction of sp³-hybridized carbons (Fsp3) is 0.100. The third-order valence-corrected chi connectivity index (χ3v) is 2.12. The summed E-state index contributed by atoms with van der Waals surface area (Å²) in [5, 5.41) is 6.44. The number of rotatable bonds is 3. The summed E-state index contributed by atoms with van der Waals surface area (Å²) in [5.41, 5.74) is 6.69. The van der Waals surface area contributed by atoms with Crippen molar-refractivity contribution in [2.75, 3.05) is 0 Å². The third-order valence-electron chi connectivity index (χ3n) is 2.12. The first-order valence-electron chi connectivity index (χ1n) is 4.48. The van der Waals surface area contributed by atoms with E-state index >= 15 is 0 Å². The van der Waals surface area contributed by atoms with Gasteiger partial charge in [0.1, 0.15) is 5.92 Å². The number of pyridine rings is 1. The summed E-state index contributed by atoms with van der Waals surface area (Å²) < 4.78 is 0. The second-order valence-corrected chi connectivity index (χ2v) is 3.12. The van der Waals surface area contributed by atoms with E-state index in [9.17, 15) is 4.79 Å². The van der Waals surface area contributed by atoms with Gasteiger partial charge in [-0.2, -0.15) is 5.10 Å². The number of hydrogen-bond acceptors (Lipinski definition) is 3. The molecule has 0 saturated carbocycles. The molecule has 5 nitrogen and oxygen atoms in total. The van der Waals surface area contributed by atoms with Crippen molar-refractivity contribution in [3.63, 3.8) is 0 Å². The number of carbonyl (C=O) groups is 1. The molecule has 2 aromatic heterocycles. The van der Waals surface area contributed by atoms with Crippen LogP contribution in [0.5, 0.6) is 0 Å². The Hall–Kier alpha value is -2.17. The Morgan fingerprint density at radius 2 is 2.33 bits per heavy atom. The van der Waals surface area contributed by atoms with Gasteiger partial charge in [-0.05, 0) is 12.1 Å². The van der Waals surface area contributed by atoms with Gasteiger partial charge in [0.2, 0.25) is 5.91 Å². The van der Waals surface area contributed by atoms with Crippen LogP contribution in [0.4, 0.5) is 0 Å². The van der Waals surface area contributed by atoms with Gasteiger partial charge >= 0.3 is 0 Å². The predicted octanol–water partition coefficient (Wildman–Crippen LogP) is 0.422. The monoisotopic (exact) mass is 202 g/mol. The number of aromatic nitrogens is 3. The summed E-state index contributed by atoms with van der Waals surface area (Å²) in [6, 6.07) is 5.37. The van der Waals surface area contributed by atoms with Gasteiger partial charge in [0.05, 0.1) is 11.9 Å². The van der Waals surface area contributed by atoms with Crippen molar-refractivity contribution in [2.24, 2.45) is 5.73 Å². The Morgan fingerprint density at radius 3 is 2.87 bits per heavy atom. The summed E-state index contributed by atoms with van der Waals surface area (Å²) in [4.78, 5) is 15.5. The molecule has 5 heteroatoms. The Balaban J connectivity index is 2.42. The van der Waals surface area contributed by atoms with Crippen LogP contribution in [0.15, 0.2) is 36.8 Å². The minimum atomic E-state index is -0.537. The van der Waals surface area contributed by atoms with Gasteiger partial charge in [-0.3, -0.25) is 14.9 Å². The number of H-pyrrole nitrogens is 1. The molecule has 0 aromatic carbocycles. The second kappa shape index (κ2) is 3.91. The lowest BCUT2D eigenvalue weighted by Crippen LogP contribution is -2.22. The van der Waals surface area contributed by atoms with E-state index in [0.717, 1.165) is 5.56 Å². The molecule has 0 saturated heterocycles. The summed E-state index contributed by atoms with van der Waals surface area (Å²) in [5.74, 6) is -0.972. The average molecular weight is 202 g/mol. The van der Waals surface area contributed by atoms with Crippen molar-refractivity contribution in [1.29, 1.82) is 0 Å². The van der Waals surface area contributed by atoms with Crippen LogP contribution in [-0.2, 0) is 4.79 Å². The highest BCUT2D eigenvalue weighted by Crippen LogP contribution is 2.20. The van der Waals surface area contributed by atoms with E-state index in [1.54, 1.807) is 30.7 Å². The van der Waals surface area contributed by atoms with E-state index in [1.807, 2.05) is 6.07 Å². The number of nitrogens with zero attached hydrogens (tertiary/aromatic N) is 2. The van der Waals surface area contributed by atoms with Crippen molar-refractivity contribution in [1.82, 2.24) is 15.2 Å². The lowest BCUT2D eigenvalue weighted by molar-refractivity contribution is -0.118. The number of nitrogens with one attached hydrogen (secondary N) is 1. The van der Waals surface area contributed by atoms with Crippen LogP contribution in [0, 0.1) is 0 Å². The van der Waals surface area contributed by atoms with E-state index in [1.165, 1.54) is 0 Å². The zero-order chi connectivity index (χ0) is 10.7. The van der Waals surface area contributed by atoms with E-state index in [0.29, 0.717) is 5.69 Å². The minimum Gasteiger partial charge on any atom is -0.369 e. The predicted molar refractivity (Wildman–Crippen MR) is 53.9 cm³/mol. The molecular weight excluding hydrogens is 192 g/mol. The van der Waals surface area contributed by atoms with Gasteiger partial charge in [0.15, 0.2) is 0 Å². The van der Waals surface area contributed by atoms with E-state index in [4.69, 9.17) is 5.73 Å². The molecule has 2 heterocycles. The van der Waals surface area contributed by atoms with Crippen molar-refractivity contribution in [2.45, 2.75) is 5.92 Å². The number of carbonyl (C=O) groups excluding carboxylic acids is 1. The second-order valence-electron chi connectivity index (χ2n) is 3.12. The molecule has 2 aromatic rings. The molecule has 0 radical (unpaired) electrons. The van der Waals surface area contributed by atoms with Crippen LogP contribution in [0.2, 0.25) is 0 Å². The quantitative estimate of drug-likeness (QED) is 0.756. The fourth-order valence-corrected chi connectivity index (χ4v) is 1.45. The molecule has 0 aliphatic rings. The largest absolute Gasteiger partial charge is 0.369 e. The molecule has 0 spiro atoms. The fourth-order valence-electron chi connectivity index (χ4n) is 1.45. The highest BCUT2D eigenvalue weighted by molar-refractivity contribution is 5.84. The van der Waals surface area contributed by atoms with Crippen LogP contribution in [0.25, 0.3) is 0 Å². The molecule has 1 amide bonds. The number of primary amides is 1. The van der Waals surface area contributed by atoms with Gasteiger partial charge in [0, 0.05) is 18.0 Å². The van der Waals surface area contributed by atoms with Crippen LogP contribution in [-0.4, -0.2) is 21.1 Å². The lowest BCUT2D eigenvalue weighted by atomic mass is 9.98. The maximum Gasteiger partial charge on any atom is 0.231 e. The van der Waals surface area contributed by atoms with Crippen molar-refractivity contribution in [3.8, 4) is 0 Å². The van der Waals surface area contributed by atoms with Crippen LogP contribution < -0.4 is 5.73 Å². The zero-order valence-electron chi connectivity index (χ0n) is 7.92. The van der Waals surface area contributed by atoms with Gasteiger partial charge in [-0.1, -0.05) is 6.07 Å². The Labute approximate surface area is 86.3 Å². The molecule has 0 aliphatic heterocycles. The lowest BCUT2D eigenvalue weighted by Gasteiger charge is -2.09. The van der Waals surface area contributed by atoms with Gasteiger partial charge in [-0.15, -0.1) is 0 Å². The van der Waals surface area contributed by atoms with Crippen LogP contribution in [0.3, 0.4) is 0 Å². The summed E-state index contributed by atoms with van der Waals surface area (Å²) in [6.45, 7) is 0. The van der Waals surface area contributed by atoms with Crippen molar-refractivity contribution < 1.29 is 4.79 Å². The molecule has 1 unspecified atom stereocenters. The highest BCUT2D eigenvalue weighted by atomic mass is 16.1.